The summed E-state index contributed by atoms with van der Waals surface area (Å²) >= 11 is 0. The first kappa shape index (κ1) is 18.1. The third-order valence-corrected chi connectivity index (χ3v) is 3.51. The van der Waals surface area contributed by atoms with Gasteiger partial charge >= 0.3 is 0 Å². The van der Waals surface area contributed by atoms with E-state index in [9.17, 15) is 14.9 Å². The van der Waals surface area contributed by atoms with Crippen molar-refractivity contribution >= 4 is 12.3 Å². The van der Waals surface area contributed by atoms with Gasteiger partial charge in [0.15, 0.2) is 0 Å². The van der Waals surface area contributed by atoms with Crippen molar-refractivity contribution in [2.45, 2.75) is 6.42 Å². The number of carbonyl (C=O) groups is 2. The molecular formula is C14H24N6O2. The zero-order chi connectivity index (χ0) is 16.4. The van der Waals surface area contributed by atoms with Gasteiger partial charge in [0.1, 0.15) is 11.6 Å². The molecule has 0 aromatic heterocycles. The highest BCUT2D eigenvalue weighted by Crippen LogP contribution is 2.07. The first-order valence-corrected chi connectivity index (χ1v) is 7.41. The van der Waals surface area contributed by atoms with Crippen molar-refractivity contribution in [3.63, 3.8) is 0 Å². The largest absolute Gasteiger partial charge is 0.335 e. The maximum atomic E-state index is 12.3. The molecule has 0 aromatic rings. The van der Waals surface area contributed by atoms with E-state index in [2.05, 4.69) is 4.90 Å². The molecule has 0 aliphatic carbocycles. The van der Waals surface area contributed by atoms with Crippen LogP contribution in [0.5, 0.6) is 0 Å². The van der Waals surface area contributed by atoms with E-state index >= 15 is 0 Å². The van der Waals surface area contributed by atoms with Crippen molar-refractivity contribution in [3.8, 4) is 6.07 Å². The van der Waals surface area contributed by atoms with Gasteiger partial charge in [-0.2, -0.15) is 5.26 Å². The van der Waals surface area contributed by atoms with Crippen LogP contribution in [-0.4, -0.2) is 79.4 Å². The summed E-state index contributed by atoms with van der Waals surface area (Å²) in [5, 5.41) is 9.17. The minimum atomic E-state index is -0.338. The molecule has 8 nitrogen and oxygen atoms in total. The maximum Gasteiger partial charge on any atom is 0.266 e. The summed E-state index contributed by atoms with van der Waals surface area (Å²) in [5.41, 5.74) is 10.9. The molecule has 1 aliphatic rings. The SMILES string of the molecule is N#C/C(=C/N(C=O)CCCN)C(=O)N1CCN(CCN)CC1. The van der Waals surface area contributed by atoms with Crippen LogP contribution in [-0.2, 0) is 9.59 Å². The van der Waals surface area contributed by atoms with E-state index < -0.39 is 0 Å². The molecule has 0 atom stereocenters. The Balaban J connectivity index is 2.64. The average Bonchev–Trinajstić information content (AvgIpc) is 2.55. The van der Waals surface area contributed by atoms with Gasteiger partial charge in [-0.1, -0.05) is 0 Å². The number of hydrogen-bond acceptors (Lipinski definition) is 6. The second-order valence-corrected chi connectivity index (χ2v) is 5.06. The van der Waals surface area contributed by atoms with Crippen LogP contribution in [0, 0.1) is 11.3 Å². The predicted molar refractivity (Wildman–Crippen MR) is 82.2 cm³/mol. The molecule has 1 rings (SSSR count). The molecule has 2 amide bonds. The van der Waals surface area contributed by atoms with Gasteiger partial charge in [-0.15, -0.1) is 0 Å². The number of rotatable bonds is 8. The molecule has 0 bridgehead atoms. The minimum Gasteiger partial charge on any atom is -0.335 e. The highest BCUT2D eigenvalue weighted by atomic mass is 16.2. The summed E-state index contributed by atoms with van der Waals surface area (Å²) in [6.07, 6.45) is 2.51. The fourth-order valence-corrected chi connectivity index (χ4v) is 2.25. The van der Waals surface area contributed by atoms with E-state index in [1.807, 2.05) is 6.07 Å². The topological polar surface area (TPSA) is 120 Å². The Bertz CT molecular complexity index is 437. The van der Waals surface area contributed by atoms with E-state index in [0.29, 0.717) is 45.6 Å². The van der Waals surface area contributed by atoms with Crippen LogP contribution in [0.15, 0.2) is 11.8 Å². The molecule has 22 heavy (non-hydrogen) atoms. The van der Waals surface area contributed by atoms with Crippen molar-refractivity contribution in [3.05, 3.63) is 11.8 Å². The van der Waals surface area contributed by atoms with Crippen molar-refractivity contribution in [1.82, 2.24) is 14.7 Å². The molecular weight excluding hydrogens is 284 g/mol. The molecule has 1 fully saturated rings. The summed E-state index contributed by atoms with van der Waals surface area (Å²) in [7, 11) is 0. The lowest BCUT2D eigenvalue weighted by molar-refractivity contribution is -0.128. The Morgan fingerprint density at radius 1 is 1.23 bits per heavy atom. The molecule has 0 aromatic carbocycles. The lowest BCUT2D eigenvalue weighted by atomic mass is 10.2. The highest BCUT2D eigenvalue weighted by molar-refractivity contribution is 5.97. The van der Waals surface area contributed by atoms with Crippen LogP contribution in [0.25, 0.3) is 0 Å². The molecule has 1 saturated heterocycles. The second kappa shape index (κ2) is 9.89. The number of amides is 2. The Morgan fingerprint density at radius 2 is 1.91 bits per heavy atom. The first-order valence-electron chi connectivity index (χ1n) is 7.41. The van der Waals surface area contributed by atoms with E-state index in [-0.39, 0.29) is 11.5 Å². The van der Waals surface area contributed by atoms with Gasteiger partial charge in [-0.3, -0.25) is 14.5 Å². The normalized spacial score (nSPS) is 16.2. The number of nitrogens with zero attached hydrogens (tertiary/aromatic N) is 4. The van der Waals surface area contributed by atoms with Gasteiger partial charge in [0.25, 0.3) is 5.91 Å². The third kappa shape index (κ3) is 5.44. The van der Waals surface area contributed by atoms with E-state index in [1.54, 1.807) is 4.90 Å². The van der Waals surface area contributed by atoms with E-state index in [4.69, 9.17) is 11.5 Å². The lowest BCUT2D eigenvalue weighted by Gasteiger charge is -2.34. The molecule has 0 spiro atoms. The zero-order valence-electron chi connectivity index (χ0n) is 12.8. The highest BCUT2D eigenvalue weighted by Gasteiger charge is 2.23. The summed E-state index contributed by atoms with van der Waals surface area (Å²) < 4.78 is 0. The fourth-order valence-electron chi connectivity index (χ4n) is 2.25. The number of nitrogens with two attached hydrogens (primary N) is 2. The summed E-state index contributed by atoms with van der Waals surface area (Å²) in [5.74, 6) is -0.338. The fraction of sp³-hybridized carbons (Fsp3) is 0.643. The van der Waals surface area contributed by atoms with E-state index in [1.165, 1.54) is 11.1 Å². The summed E-state index contributed by atoms with van der Waals surface area (Å²) in [4.78, 5) is 28.4. The van der Waals surface area contributed by atoms with Gasteiger partial charge in [0.2, 0.25) is 6.41 Å². The Labute approximate surface area is 130 Å². The van der Waals surface area contributed by atoms with Gasteiger partial charge in [0, 0.05) is 52.0 Å². The van der Waals surface area contributed by atoms with Gasteiger partial charge in [-0.05, 0) is 13.0 Å². The molecule has 4 N–H and O–H groups in total. The monoisotopic (exact) mass is 308 g/mol. The molecule has 0 radical (unpaired) electrons. The summed E-state index contributed by atoms with van der Waals surface area (Å²) in [6, 6.07) is 1.88. The van der Waals surface area contributed by atoms with E-state index in [0.717, 1.165) is 19.6 Å². The molecule has 8 heteroatoms. The van der Waals surface area contributed by atoms with Crippen molar-refractivity contribution < 1.29 is 9.59 Å². The molecule has 1 heterocycles. The Hall–Kier alpha value is -1.95. The zero-order valence-corrected chi connectivity index (χ0v) is 12.8. The number of piperazine rings is 1. The van der Waals surface area contributed by atoms with Crippen LogP contribution in [0.2, 0.25) is 0 Å². The predicted octanol–water partition coefficient (Wildman–Crippen LogP) is -1.70. The smallest absolute Gasteiger partial charge is 0.266 e. The van der Waals surface area contributed by atoms with Crippen LogP contribution < -0.4 is 11.5 Å². The van der Waals surface area contributed by atoms with Crippen molar-refractivity contribution in [1.29, 1.82) is 5.26 Å². The molecule has 0 saturated carbocycles. The number of nitriles is 1. The third-order valence-electron chi connectivity index (χ3n) is 3.51. The maximum absolute atomic E-state index is 12.3. The van der Waals surface area contributed by atoms with Gasteiger partial charge in [0.05, 0.1) is 0 Å². The number of hydrogen-bond donors (Lipinski definition) is 2. The molecule has 122 valence electrons. The van der Waals surface area contributed by atoms with Crippen LogP contribution in [0.4, 0.5) is 0 Å². The summed E-state index contributed by atoms with van der Waals surface area (Å²) in [6.45, 7) is 4.83. The van der Waals surface area contributed by atoms with Crippen LogP contribution >= 0.6 is 0 Å². The van der Waals surface area contributed by atoms with Crippen LogP contribution in [0.1, 0.15) is 6.42 Å². The molecule has 1 aliphatic heterocycles. The van der Waals surface area contributed by atoms with Crippen molar-refractivity contribution in [2.75, 3.05) is 52.4 Å². The first-order chi connectivity index (χ1) is 10.7. The standard InChI is InChI=1S/C14H24N6O2/c15-2-1-4-19(12-21)11-13(10-17)14(22)20-8-6-18(5-3-16)7-9-20/h11-12H,1-9,15-16H2/b13-11-. The quantitative estimate of drug-likeness (QED) is 0.313. The van der Waals surface area contributed by atoms with Crippen molar-refractivity contribution in [2.24, 2.45) is 11.5 Å². The van der Waals surface area contributed by atoms with Gasteiger partial charge < -0.3 is 21.3 Å². The lowest BCUT2D eigenvalue weighted by Crippen LogP contribution is -2.50. The Kier molecular flexibility index (Phi) is 8.14. The van der Waals surface area contributed by atoms with Crippen LogP contribution in [0.3, 0.4) is 0 Å². The average molecular weight is 308 g/mol. The Morgan fingerprint density at radius 3 is 2.41 bits per heavy atom. The van der Waals surface area contributed by atoms with Gasteiger partial charge in [-0.25, -0.2) is 0 Å². The second-order valence-electron chi connectivity index (χ2n) is 5.06. The minimum absolute atomic E-state index is 0.0311. The molecule has 0 unspecified atom stereocenters. The number of carbonyl (C=O) groups excluding carboxylic acids is 2.